The second-order valence-electron chi connectivity index (χ2n) is 4.21. The van der Waals surface area contributed by atoms with E-state index in [1.54, 1.807) is 24.2 Å². The highest BCUT2D eigenvalue weighted by Crippen LogP contribution is 2.24. The number of nitrogens with zero attached hydrogens (tertiary/aromatic N) is 3. The van der Waals surface area contributed by atoms with E-state index >= 15 is 0 Å². The Balaban J connectivity index is 1.80. The van der Waals surface area contributed by atoms with Gasteiger partial charge in [-0.2, -0.15) is 0 Å². The average Bonchev–Trinajstić information content (AvgIpc) is 2.95. The molecule has 0 atom stereocenters. The minimum Gasteiger partial charge on any atom is -0.295 e. The summed E-state index contributed by atoms with van der Waals surface area (Å²) in [7, 11) is 0. The lowest BCUT2D eigenvalue weighted by molar-refractivity contribution is 0.895. The van der Waals surface area contributed by atoms with Crippen molar-refractivity contribution in [2.45, 2.75) is 10.9 Å². The van der Waals surface area contributed by atoms with E-state index in [0.29, 0.717) is 0 Å². The van der Waals surface area contributed by atoms with Crippen molar-refractivity contribution in [3.63, 3.8) is 0 Å². The van der Waals surface area contributed by atoms with Crippen LogP contribution < -0.4 is 0 Å². The Morgan fingerprint density at radius 1 is 1.15 bits per heavy atom. The molecule has 0 bridgehead atoms. The third kappa shape index (κ3) is 3.03. The maximum atomic E-state index is 6.04. The maximum Gasteiger partial charge on any atom is 0.172 e. The van der Waals surface area contributed by atoms with Crippen molar-refractivity contribution in [1.82, 2.24) is 14.5 Å². The van der Waals surface area contributed by atoms with Gasteiger partial charge in [0, 0.05) is 41.3 Å². The van der Waals surface area contributed by atoms with Gasteiger partial charge in [-0.25, -0.2) is 4.98 Å². The summed E-state index contributed by atoms with van der Waals surface area (Å²) in [6.07, 6.45) is 7.39. The molecule has 5 heteroatoms. The summed E-state index contributed by atoms with van der Waals surface area (Å²) in [5.74, 6) is 0.839. The van der Waals surface area contributed by atoms with E-state index in [-0.39, 0.29) is 0 Å². The van der Waals surface area contributed by atoms with Gasteiger partial charge in [0.1, 0.15) is 0 Å². The molecule has 3 nitrogen and oxygen atoms in total. The molecule has 2 heterocycles. The highest BCUT2D eigenvalue weighted by atomic mass is 35.5. The summed E-state index contributed by atoms with van der Waals surface area (Å²) < 4.78 is 2.03. The van der Waals surface area contributed by atoms with Crippen LogP contribution in [-0.2, 0) is 5.75 Å². The zero-order valence-electron chi connectivity index (χ0n) is 10.6. The lowest BCUT2D eigenvalue weighted by Crippen LogP contribution is -1.95. The fourth-order valence-corrected chi connectivity index (χ4v) is 2.94. The van der Waals surface area contributed by atoms with E-state index in [9.17, 15) is 0 Å². The van der Waals surface area contributed by atoms with E-state index < -0.39 is 0 Å². The quantitative estimate of drug-likeness (QED) is 0.676. The summed E-state index contributed by atoms with van der Waals surface area (Å²) in [5.41, 5.74) is 2.20. The molecule has 0 fully saturated rings. The third-order valence-corrected chi connectivity index (χ3v) is 4.06. The predicted molar refractivity (Wildman–Crippen MR) is 82.4 cm³/mol. The predicted octanol–water partition coefficient (Wildman–Crippen LogP) is 4.21. The molecule has 0 saturated heterocycles. The van der Waals surface area contributed by atoms with Gasteiger partial charge in [-0.3, -0.25) is 9.55 Å². The number of imidazole rings is 1. The Bertz CT molecular complexity index is 697. The van der Waals surface area contributed by atoms with E-state index in [4.69, 9.17) is 11.6 Å². The van der Waals surface area contributed by atoms with E-state index in [2.05, 4.69) is 16.0 Å². The monoisotopic (exact) mass is 301 g/mol. The van der Waals surface area contributed by atoms with Crippen LogP contribution in [0.1, 0.15) is 5.56 Å². The van der Waals surface area contributed by atoms with Crippen molar-refractivity contribution in [1.29, 1.82) is 0 Å². The summed E-state index contributed by atoms with van der Waals surface area (Å²) in [4.78, 5) is 8.52. The summed E-state index contributed by atoms with van der Waals surface area (Å²) in [6, 6.07) is 11.8. The fourth-order valence-electron chi connectivity index (χ4n) is 1.85. The Hall–Kier alpha value is -1.78. The highest BCUT2D eigenvalue weighted by molar-refractivity contribution is 7.98. The van der Waals surface area contributed by atoms with Crippen molar-refractivity contribution in [3.8, 4) is 5.69 Å². The van der Waals surface area contributed by atoms with Crippen molar-refractivity contribution in [2.75, 3.05) is 0 Å². The number of halogens is 1. The largest absolute Gasteiger partial charge is 0.295 e. The maximum absolute atomic E-state index is 6.04. The lowest BCUT2D eigenvalue weighted by atomic mass is 10.3. The highest BCUT2D eigenvalue weighted by Gasteiger charge is 2.06. The topological polar surface area (TPSA) is 30.7 Å². The van der Waals surface area contributed by atoms with Gasteiger partial charge in [0.05, 0.1) is 0 Å². The molecule has 0 aliphatic carbocycles. The molecule has 0 spiro atoms. The fraction of sp³-hybridized carbons (Fsp3) is 0.0667. The molecule has 20 heavy (non-hydrogen) atoms. The molecule has 1 aromatic carbocycles. The number of hydrogen-bond donors (Lipinski definition) is 0. The standard InChI is InChI=1S/C15H12ClN3S/c16-13-4-1-5-14(9-13)19-8-7-18-15(19)20-11-12-3-2-6-17-10-12/h1-10H,11H2. The second-order valence-corrected chi connectivity index (χ2v) is 5.59. The van der Waals surface area contributed by atoms with Crippen molar-refractivity contribution in [3.05, 3.63) is 71.8 Å². The van der Waals surface area contributed by atoms with Crippen LogP contribution in [0.15, 0.2) is 66.3 Å². The van der Waals surface area contributed by atoms with Gasteiger partial charge in [0.2, 0.25) is 0 Å². The molecule has 2 aromatic heterocycles. The molecule has 0 unspecified atom stereocenters. The minimum atomic E-state index is 0.722. The van der Waals surface area contributed by atoms with Crippen LogP contribution in [0.5, 0.6) is 0 Å². The third-order valence-electron chi connectivity index (χ3n) is 2.78. The molecule has 0 radical (unpaired) electrons. The Labute approximate surface area is 126 Å². The summed E-state index contributed by atoms with van der Waals surface area (Å²) in [6.45, 7) is 0. The smallest absolute Gasteiger partial charge is 0.172 e. The molecule has 3 rings (SSSR count). The number of hydrogen-bond acceptors (Lipinski definition) is 3. The van der Waals surface area contributed by atoms with Crippen LogP contribution in [0.25, 0.3) is 5.69 Å². The van der Waals surface area contributed by atoms with Gasteiger partial charge in [-0.15, -0.1) is 0 Å². The van der Waals surface area contributed by atoms with Crippen molar-refractivity contribution in [2.24, 2.45) is 0 Å². The van der Waals surface area contributed by atoms with Crippen molar-refractivity contribution < 1.29 is 0 Å². The van der Waals surface area contributed by atoms with Crippen LogP contribution >= 0.6 is 23.4 Å². The molecule has 0 saturated carbocycles. The van der Waals surface area contributed by atoms with Crippen LogP contribution in [0, 0.1) is 0 Å². The van der Waals surface area contributed by atoms with E-state index in [1.165, 1.54) is 5.56 Å². The van der Waals surface area contributed by atoms with Crippen LogP contribution in [0.2, 0.25) is 5.02 Å². The van der Waals surface area contributed by atoms with Gasteiger partial charge in [0.15, 0.2) is 5.16 Å². The second kappa shape index (κ2) is 6.11. The SMILES string of the molecule is Clc1cccc(-n2ccnc2SCc2cccnc2)c1. The molecule has 0 aliphatic heterocycles. The van der Waals surface area contributed by atoms with Gasteiger partial charge < -0.3 is 0 Å². The molecular weight excluding hydrogens is 290 g/mol. The van der Waals surface area contributed by atoms with E-state index in [1.807, 2.05) is 47.3 Å². The molecule has 100 valence electrons. The molecule has 0 aliphatic rings. The molecule has 3 aromatic rings. The first-order chi connectivity index (χ1) is 9.83. The molecule has 0 amide bonds. The van der Waals surface area contributed by atoms with Gasteiger partial charge in [-0.05, 0) is 29.8 Å². The number of pyridine rings is 1. The van der Waals surface area contributed by atoms with Crippen LogP contribution in [-0.4, -0.2) is 14.5 Å². The Morgan fingerprint density at radius 3 is 2.90 bits per heavy atom. The minimum absolute atomic E-state index is 0.722. The van der Waals surface area contributed by atoms with Gasteiger partial charge in [0.25, 0.3) is 0 Å². The number of thioether (sulfide) groups is 1. The van der Waals surface area contributed by atoms with Gasteiger partial charge >= 0.3 is 0 Å². The molecular formula is C15H12ClN3S. The van der Waals surface area contributed by atoms with Gasteiger partial charge in [-0.1, -0.05) is 35.5 Å². The number of aromatic nitrogens is 3. The summed E-state index contributed by atoms with van der Waals surface area (Å²) >= 11 is 7.71. The summed E-state index contributed by atoms with van der Waals surface area (Å²) in [5, 5.41) is 1.66. The Morgan fingerprint density at radius 2 is 2.10 bits per heavy atom. The zero-order chi connectivity index (χ0) is 13.8. The Kier molecular flexibility index (Phi) is 4.04. The first kappa shape index (κ1) is 13.2. The first-order valence-electron chi connectivity index (χ1n) is 6.14. The zero-order valence-corrected chi connectivity index (χ0v) is 12.2. The number of rotatable bonds is 4. The van der Waals surface area contributed by atoms with Crippen LogP contribution in [0.3, 0.4) is 0 Å². The van der Waals surface area contributed by atoms with Crippen molar-refractivity contribution >= 4 is 23.4 Å². The van der Waals surface area contributed by atoms with Crippen LogP contribution in [0.4, 0.5) is 0 Å². The normalized spacial score (nSPS) is 10.7. The lowest BCUT2D eigenvalue weighted by Gasteiger charge is -2.07. The number of benzene rings is 1. The van der Waals surface area contributed by atoms with E-state index in [0.717, 1.165) is 21.6 Å². The average molecular weight is 302 g/mol. The first-order valence-corrected chi connectivity index (χ1v) is 7.50. The molecule has 0 N–H and O–H groups in total.